The zero-order chi connectivity index (χ0) is 28.3. The van der Waals surface area contributed by atoms with Crippen LogP contribution in [0, 0.1) is 5.82 Å². The number of hydrogen-bond acceptors (Lipinski definition) is 9. The van der Waals surface area contributed by atoms with Crippen molar-refractivity contribution in [2.75, 3.05) is 37.7 Å². The highest BCUT2D eigenvalue weighted by molar-refractivity contribution is 7.20. The Kier molecular flexibility index (Phi) is 6.53. The van der Waals surface area contributed by atoms with Gasteiger partial charge in [-0.15, -0.1) is 11.3 Å². The van der Waals surface area contributed by atoms with E-state index in [0.717, 1.165) is 55.4 Å². The van der Waals surface area contributed by atoms with Gasteiger partial charge in [-0.25, -0.2) is 14.2 Å². The summed E-state index contributed by atoms with van der Waals surface area (Å²) >= 11 is 6.90. The molecule has 2 saturated heterocycles. The van der Waals surface area contributed by atoms with E-state index in [0.29, 0.717) is 46.7 Å². The molecule has 0 aliphatic carbocycles. The Morgan fingerprint density at radius 2 is 2.02 bits per heavy atom. The normalized spacial score (nSPS) is 22.3. The number of aromatic nitrogens is 3. The number of halogens is 2. The fraction of sp³-hybridized carbons (Fsp3) is 0.393. The van der Waals surface area contributed by atoms with Gasteiger partial charge in [0.1, 0.15) is 21.9 Å². The number of aromatic carboxylic acids is 1. The van der Waals surface area contributed by atoms with Crippen LogP contribution in [0.4, 0.5) is 10.1 Å². The number of imidazole rings is 1. The number of carboxylic acid groups (broad SMARTS) is 1. The lowest BCUT2D eigenvalue weighted by Crippen LogP contribution is -2.46. The highest BCUT2D eigenvalue weighted by atomic mass is 35.5. The lowest BCUT2D eigenvalue weighted by Gasteiger charge is -2.36. The molecule has 0 radical (unpaired) electrons. The largest absolute Gasteiger partial charge is 0.477 e. The Hall–Kier alpha value is -3.45. The summed E-state index contributed by atoms with van der Waals surface area (Å²) in [6, 6.07) is 9.44. The average molecular weight is 600 g/mol. The van der Waals surface area contributed by atoms with Gasteiger partial charge in [-0.05, 0) is 30.7 Å². The SMILES string of the molecule is C[C@@]1(c2ccc(Cl)cn2)Oc2cccc(N3CCN(Cc4nc5sc(C(=O)O)c(F)c5n4C[C@@H]4CCO4)CC3)c2O1. The molecule has 1 N–H and O–H groups in total. The molecule has 0 saturated carbocycles. The van der Waals surface area contributed by atoms with Gasteiger partial charge in [0.25, 0.3) is 5.79 Å². The van der Waals surface area contributed by atoms with Gasteiger partial charge in [-0.1, -0.05) is 17.7 Å². The zero-order valence-corrected chi connectivity index (χ0v) is 23.8. The summed E-state index contributed by atoms with van der Waals surface area (Å²) in [6.45, 7) is 6.49. The number of carboxylic acids is 1. The van der Waals surface area contributed by atoms with E-state index in [1.165, 1.54) is 0 Å². The van der Waals surface area contributed by atoms with Crippen LogP contribution in [0.5, 0.6) is 11.5 Å². The van der Waals surface area contributed by atoms with E-state index in [9.17, 15) is 9.90 Å². The molecule has 4 aromatic rings. The van der Waals surface area contributed by atoms with Gasteiger partial charge < -0.3 is 28.8 Å². The molecule has 10 nitrogen and oxygen atoms in total. The molecule has 0 amide bonds. The van der Waals surface area contributed by atoms with E-state index in [1.807, 2.05) is 29.7 Å². The van der Waals surface area contributed by atoms with Crippen molar-refractivity contribution in [3.8, 4) is 11.5 Å². The standard InChI is InChI=1S/C28H27ClFN5O5S/c1-28(20-6-5-16(29)13-31-20)39-19-4-2-3-18(24(19)40-28)34-10-8-33(9-11-34)15-21-32-26-23(22(30)25(41-26)27(36)37)35(21)14-17-7-12-38-17/h2-6,13,17H,7-12,14-15H2,1H3,(H,36,37)/t17-,28+/m0/s1. The number of fused-ring (bicyclic) bond motifs is 2. The highest BCUT2D eigenvalue weighted by Gasteiger charge is 2.42. The van der Waals surface area contributed by atoms with E-state index in [4.69, 9.17) is 25.8 Å². The fourth-order valence-electron chi connectivity index (χ4n) is 5.55. The van der Waals surface area contributed by atoms with Crippen molar-refractivity contribution >= 4 is 44.9 Å². The summed E-state index contributed by atoms with van der Waals surface area (Å²) in [7, 11) is 0. The Balaban J connectivity index is 1.07. The lowest BCUT2D eigenvalue weighted by molar-refractivity contribution is -0.0716. The first-order valence-electron chi connectivity index (χ1n) is 13.4. The number of hydrogen-bond donors (Lipinski definition) is 1. The number of piperazine rings is 1. The molecule has 214 valence electrons. The first kappa shape index (κ1) is 26.4. The predicted octanol–water partition coefficient (Wildman–Crippen LogP) is 4.74. The van der Waals surface area contributed by atoms with Gasteiger partial charge in [0, 0.05) is 45.9 Å². The minimum Gasteiger partial charge on any atom is -0.477 e. The van der Waals surface area contributed by atoms with Crippen LogP contribution in [-0.2, 0) is 23.6 Å². The van der Waals surface area contributed by atoms with Crippen LogP contribution in [0.3, 0.4) is 0 Å². The van der Waals surface area contributed by atoms with Crippen molar-refractivity contribution < 1.29 is 28.5 Å². The molecule has 0 unspecified atom stereocenters. The number of benzene rings is 1. The maximum atomic E-state index is 15.1. The first-order valence-corrected chi connectivity index (χ1v) is 14.6. The number of nitrogens with zero attached hydrogens (tertiary/aromatic N) is 5. The summed E-state index contributed by atoms with van der Waals surface area (Å²) in [5, 5.41) is 9.93. The van der Waals surface area contributed by atoms with Crippen LogP contribution in [0.1, 0.15) is 34.5 Å². The summed E-state index contributed by atoms with van der Waals surface area (Å²) in [5.41, 5.74) is 1.84. The van der Waals surface area contributed by atoms with E-state index in [1.54, 1.807) is 18.3 Å². The van der Waals surface area contributed by atoms with Crippen LogP contribution in [0.2, 0.25) is 5.02 Å². The Morgan fingerprint density at radius 3 is 2.71 bits per heavy atom. The summed E-state index contributed by atoms with van der Waals surface area (Å²) in [4.78, 5) is 25.2. The number of para-hydroxylation sites is 1. The number of rotatable bonds is 7. The molecule has 41 heavy (non-hydrogen) atoms. The highest BCUT2D eigenvalue weighted by Crippen LogP contribution is 2.49. The van der Waals surface area contributed by atoms with Crippen molar-refractivity contribution in [1.82, 2.24) is 19.4 Å². The van der Waals surface area contributed by atoms with Gasteiger partial charge in [-0.2, -0.15) is 0 Å². The molecule has 3 aliphatic rings. The average Bonchev–Trinajstić information content (AvgIpc) is 3.57. The van der Waals surface area contributed by atoms with Crippen LogP contribution >= 0.6 is 22.9 Å². The molecular weight excluding hydrogens is 573 g/mol. The maximum Gasteiger partial charge on any atom is 0.349 e. The third-order valence-corrected chi connectivity index (χ3v) is 9.08. The van der Waals surface area contributed by atoms with Crippen molar-refractivity contribution in [2.45, 2.75) is 38.3 Å². The fourth-order valence-corrected chi connectivity index (χ4v) is 6.58. The van der Waals surface area contributed by atoms with Crippen molar-refractivity contribution in [3.05, 3.63) is 63.8 Å². The maximum absolute atomic E-state index is 15.1. The lowest BCUT2D eigenvalue weighted by atomic mass is 10.2. The quantitative estimate of drug-likeness (QED) is 0.323. The molecule has 0 spiro atoms. The van der Waals surface area contributed by atoms with E-state index < -0.39 is 17.6 Å². The van der Waals surface area contributed by atoms with Crippen LogP contribution < -0.4 is 14.4 Å². The molecule has 1 aromatic carbocycles. The number of ether oxygens (including phenoxy) is 3. The molecule has 7 rings (SSSR count). The topological polar surface area (TPSA) is 102 Å². The second-order valence-corrected chi connectivity index (χ2v) is 11.9. The van der Waals surface area contributed by atoms with Gasteiger partial charge in [0.05, 0.1) is 29.9 Å². The Labute approximate surface area is 243 Å². The molecule has 6 heterocycles. The Bertz CT molecular complexity index is 1630. The second-order valence-electron chi connectivity index (χ2n) is 10.5. The molecule has 13 heteroatoms. The van der Waals surface area contributed by atoms with Gasteiger partial charge in [0.15, 0.2) is 22.2 Å². The molecule has 3 aliphatic heterocycles. The van der Waals surface area contributed by atoms with Crippen molar-refractivity contribution in [3.63, 3.8) is 0 Å². The predicted molar refractivity (Wildman–Crippen MR) is 151 cm³/mol. The minimum absolute atomic E-state index is 0.0215. The summed E-state index contributed by atoms with van der Waals surface area (Å²) in [6.07, 6.45) is 2.44. The smallest absolute Gasteiger partial charge is 0.349 e. The van der Waals surface area contributed by atoms with Gasteiger partial charge in [-0.3, -0.25) is 9.88 Å². The number of pyridine rings is 1. The van der Waals surface area contributed by atoms with Gasteiger partial charge in [0.2, 0.25) is 0 Å². The number of anilines is 1. The van der Waals surface area contributed by atoms with E-state index in [-0.39, 0.29) is 16.5 Å². The van der Waals surface area contributed by atoms with E-state index in [2.05, 4.69) is 19.8 Å². The number of carbonyl (C=O) groups is 1. The molecule has 3 aromatic heterocycles. The Morgan fingerprint density at radius 1 is 1.22 bits per heavy atom. The third-order valence-electron chi connectivity index (χ3n) is 7.82. The van der Waals surface area contributed by atoms with Crippen molar-refractivity contribution in [2.24, 2.45) is 0 Å². The third kappa shape index (κ3) is 4.68. The molecule has 0 bridgehead atoms. The number of thiophene rings is 1. The van der Waals surface area contributed by atoms with Crippen LogP contribution in [0.25, 0.3) is 10.3 Å². The molecule has 2 fully saturated rings. The first-order chi connectivity index (χ1) is 19.8. The van der Waals surface area contributed by atoms with Crippen LogP contribution in [0.15, 0.2) is 36.5 Å². The zero-order valence-electron chi connectivity index (χ0n) is 22.2. The van der Waals surface area contributed by atoms with E-state index >= 15 is 4.39 Å². The molecular formula is C28H27ClFN5O5S. The summed E-state index contributed by atoms with van der Waals surface area (Å²) < 4.78 is 35.1. The second kappa shape index (κ2) is 10.1. The monoisotopic (exact) mass is 599 g/mol. The van der Waals surface area contributed by atoms with Crippen LogP contribution in [-0.4, -0.2) is 69.4 Å². The minimum atomic E-state index is -1.28. The van der Waals surface area contributed by atoms with Crippen molar-refractivity contribution in [1.29, 1.82) is 0 Å². The van der Waals surface area contributed by atoms with Gasteiger partial charge >= 0.3 is 5.97 Å². The summed E-state index contributed by atoms with van der Waals surface area (Å²) in [5.74, 6) is -1.00. The molecule has 2 atom stereocenters.